The van der Waals surface area contributed by atoms with Crippen LogP contribution in [-0.4, -0.2) is 44.7 Å². The molecule has 2 rings (SSSR count). The molecule has 1 amide bonds. The molecule has 0 spiro atoms. The van der Waals surface area contributed by atoms with Crippen molar-refractivity contribution in [3.05, 3.63) is 0 Å². The Morgan fingerprint density at radius 2 is 1.48 bits per heavy atom. The number of ether oxygens (including phenoxy) is 2. The predicted octanol–water partition coefficient (Wildman–Crippen LogP) is 5.02. The molecule has 0 bridgehead atoms. The molecule has 2 fully saturated rings. The molecule has 0 aliphatic heterocycles. The Morgan fingerprint density at radius 1 is 0.931 bits per heavy atom. The Morgan fingerprint density at radius 3 is 2.00 bits per heavy atom. The monoisotopic (exact) mass is 413 g/mol. The fourth-order valence-electron chi connectivity index (χ4n) is 4.51. The summed E-state index contributed by atoms with van der Waals surface area (Å²) in [6.07, 6.45) is 8.95. The summed E-state index contributed by atoms with van der Waals surface area (Å²) in [5.41, 5.74) is 0. The lowest BCUT2D eigenvalue weighted by atomic mass is 9.80. The van der Waals surface area contributed by atoms with Crippen LogP contribution in [0, 0.1) is 23.7 Å². The molecule has 5 nitrogen and oxygen atoms in total. The van der Waals surface area contributed by atoms with Crippen LogP contribution in [0.5, 0.6) is 0 Å². The lowest BCUT2D eigenvalue weighted by Gasteiger charge is -2.29. The van der Waals surface area contributed by atoms with E-state index in [-0.39, 0.29) is 25.2 Å². The van der Waals surface area contributed by atoms with Gasteiger partial charge in [-0.05, 0) is 63.2 Å². The van der Waals surface area contributed by atoms with E-state index in [2.05, 4.69) is 5.32 Å². The van der Waals surface area contributed by atoms with Gasteiger partial charge in [0.2, 0.25) is 5.91 Å². The van der Waals surface area contributed by atoms with E-state index in [0.717, 1.165) is 38.9 Å². The maximum atomic E-state index is 12.1. The molecule has 0 atom stereocenters. The molecule has 29 heavy (non-hydrogen) atoms. The number of amides is 1. The van der Waals surface area contributed by atoms with Gasteiger partial charge in [-0.3, -0.25) is 9.59 Å². The highest BCUT2D eigenvalue weighted by Gasteiger charge is 2.28. The number of hydrogen-bond acceptors (Lipinski definition) is 4. The van der Waals surface area contributed by atoms with Crippen molar-refractivity contribution in [2.24, 2.45) is 23.7 Å². The number of Topliss-reactive ketones (excluding diaryl/α,β-unsaturated/α-hetero) is 1. The first kappa shape index (κ1) is 26.1. The predicted molar refractivity (Wildman–Crippen MR) is 120 cm³/mol. The molecule has 2 saturated carbocycles. The summed E-state index contributed by atoms with van der Waals surface area (Å²) in [5.74, 6) is 2.12. The molecular formula is C24H47NO4. The van der Waals surface area contributed by atoms with Gasteiger partial charge in [-0.15, -0.1) is 0 Å². The molecule has 0 unspecified atom stereocenters. The van der Waals surface area contributed by atoms with Gasteiger partial charge >= 0.3 is 0 Å². The van der Waals surface area contributed by atoms with Crippen molar-refractivity contribution >= 4 is 11.7 Å². The van der Waals surface area contributed by atoms with Gasteiger partial charge in [-0.2, -0.15) is 0 Å². The zero-order chi connectivity index (χ0) is 21.6. The van der Waals surface area contributed by atoms with Gasteiger partial charge in [0.25, 0.3) is 0 Å². The van der Waals surface area contributed by atoms with Crippen LogP contribution < -0.4 is 5.32 Å². The van der Waals surface area contributed by atoms with E-state index < -0.39 is 0 Å². The van der Waals surface area contributed by atoms with E-state index in [9.17, 15) is 9.59 Å². The Hall–Kier alpha value is -0.940. The fourth-order valence-corrected chi connectivity index (χ4v) is 4.51. The molecule has 5 heteroatoms. The molecule has 0 radical (unpaired) electrons. The molecular weight excluding hydrogens is 366 g/mol. The van der Waals surface area contributed by atoms with Crippen molar-refractivity contribution < 1.29 is 20.5 Å². The summed E-state index contributed by atoms with van der Waals surface area (Å²) in [5, 5.41) is 3.12. The fraction of sp³-hybridized carbons (Fsp3) is 0.917. The van der Waals surface area contributed by atoms with E-state index in [1.807, 2.05) is 27.7 Å². The first-order chi connectivity index (χ1) is 14.0. The van der Waals surface area contributed by atoms with Crippen LogP contribution in [-0.2, 0) is 19.1 Å². The number of rotatable bonds is 10. The molecule has 0 aromatic carbocycles. The van der Waals surface area contributed by atoms with Gasteiger partial charge in [-0.25, -0.2) is 0 Å². The molecule has 2 aliphatic rings. The van der Waals surface area contributed by atoms with E-state index in [0.29, 0.717) is 30.6 Å². The third-order valence-corrected chi connectivity index (χ3v) is 6.26. The van der Waals surface area contributed by atoms with E-state index in [4.69, 9.17) is 9.47 Å². The molecule has 0 aromatic rings. The minimum atomic E-state index is 0. The Kier molecular flexibility index (Phi) is 13.5. The van der Waals surface area contributed by atoms with Crippen LogP contribution in [0.2, 0.25) is 0 Å². The molecule has 2 aliphatic carbocycles. The van der Waals surface area contributed by atoms with Gasteiger partial charge in [-0.1, -0.05) is 27.7 Å². The first-order valence-electron chi connectivity index (χ1n) is 11.9. The number of methoxy groups -OCH3 is 1. The topological polar surface area (TPSA) is 64.6 Å². The second kappa shape index (κ2) is 15.0. The number of carbonyl (C=O) groups is 2. The maximum Gasteiger partial charge on any atom is 0.222 e. The number of carbonyl (C=O) groups excluding carboxylic acids is 2. The van der Waals surface area contributed by atoms with Crippen LogP contribution in [0.4, 0.5) is 0 Å². The molecule has 0 heterocycles. The second-order valence-corrected chi connectivity index (χ2v) is 8.84. The van der Waals surface area contributed by atoms with Gasteiger partial charge in [0.1, 0.15) is 5.78 Å². The largest absolute Gasteiger partial charge is 0.384 e. The highest BCUT2D eigenvalue weighted by Crippen LogP contribution is 2.29. The Labute approximate surface area is 180 Å². The number of nitrogens with one attached hydrogen (secondary N) is 1. The lowest BCUT2D eigenvalue weighted by Crippen LogP contribution is -2.39. The molecule has 0 aromatic heterocycles. The Balaban J connectivity index is 0.00000272. The third-order valence-electron chi connectivity index (χ3n) is 6.26. The SMILES string of the molecule is CC.COCC1CCC(COCCC(=O)NC2CCC(C(=O)C(C)C)CC2)CC1.[HH]. The third kappa shape index (κ3) is 10.1. The average molecular weight is 414 g/mol. The van der Waals surface area contributed by atoms with Crippen LogP contribution in [0.1, 0.15) is 86.9 Å². The normalized spacial score (nSPS) is 27.1. The molecule has 0 saturated heterocycles. The van der Waals surface area contributed by atoms with Crippen LogP contribution in [0.15, 0.2) is 0 Å². The average Bonchev–Trinajstić information content (AvgIpc) is 2.74. The smallest absolute Gasteiger partial charge is 0.222 e. The Bertz CT molecular complexity index is 456. The van der Waals surface area contributed by atoms with Crippen molar-refractivity contribution in [1.29, 1.82) is 0 Å². The van der Waals surface area contributed by atoms with Crippen molar-refractivity contribution in [1.82, 2.24) is 5.32 Å². The van der Waals surface area contributed by atoms with E-state index in [1.54, 1.807) is 7.11 Å². The summed E-state index contributed by atoms with van der Waals surface area (Å²) in [6, 6.07) is 0.227. The number of hydrogen-bond donors (Lipinski definition) is 1. The zero-order valence-electron chi connectivity index (χ0n) is 19.5. The zero-order valence-corrected chi connectivity index (χ0v) is 19.5. The summed E-state index contributed by atoms with van der Waals surface area (Å²) in [7, 11) is 1.77. The van der Waals surface area contributed by atoms with Crippen LogP contribution >= 0.6 is 0 Å². The standard InChI is InChI=1S/C22H39NO4.C2H6.H2/c1-16(2)22(25)19-8-10-20(11-9-19)23-21(24)12-13-27-15-18-6-4-17(5-7-18)14-26-3;1-2;/h16-20H,4-15H2,1-3H3,(H,23,24);1-2H3;1H. The van der Waals surface area contributed by atoms with Gasteiger partial charge in [0, 0.05) is 46.0 Å². The second-order valence-electron chi connectivity index (χ2n) is 8.84. The van der Waals surface area contributed by atoms with Gasteiger partial charge < -0.3 is 14.8 Å². The van der Waals surface area contributed by atoms with Crippen LogP contribution in [0.25, 0.3) is 0 Å². The molecule has 172 valence electrons. The number of ketones is 1. The lowest BCUT2D eigenvalue weighted by molar-refractivity contribution is -0.127. The minimum absolute atomic E-state index is 0. The van der Waals surface area contributed by atoms with Crippen molar-refractivity contribution in [3.8, 4) is 0 Å². The van der Waals surface area contributed by atoms with E-state index in [1.165, 1.54) is 25.7 Å². The summed E-state index contributed by atoms with van der Waals surface area (Å²) >= 11 is 0. The summed E-state index contributed by atoms with van der Waals surface area (Å²) < 4.78 is 11.0. The molecule has 1 N–H and O–H groups in total. The van der Waals surface area contributed by atoms with Crippen LogP contribution in [0.3, 0.4) is 0 Å². The van der Waals surface area contributed by atoms with Gasteiger partial charge in [0.15, 0.2) is 0 Å². The highest BCUT2D eigenvalue weighted by molar-refractivity contribution is 5.83. The maximum absolute atomic E-state index is 12.1. The van der Waals surface area contributed by atoms with Crippen molar-refractivity contribution in [3.63, 3.8) is 0 Å². The first-order valence-corrected chi connectivity index (χ1v) is 11.9. The van der Waals surface area contributed by atoms with Gasteiger partial charge in [0.05, 0.1) is 6.61 Å². The minimum Gasteiger partial charge on any atom is -0.384 e. The van der Waals surface area contributed by atoms with Crippen molar-refractivity contribution in [2.75, 3.05) is 26.9 Å². The quantitative estimate of drug-likeness (QED) is 0.511. The van der Waals surface area contributed by atoms with Crippen molar-refractivity contribution in [2.45, 2.75) is 91.5 Å². The highest BCUT2D eigenvalue weighted by atomic mass is 16.5. The van der Waals surface area contributed by atoms with E-state index >= 15 is 0 Å². The summed E-state index contributed by atoms with van der Waals surface area (Å²) in [4.78, 5) is 24.2. The summed E-state index contributed by atoms with van der Waals surface area (Å²) in [6.45, 7) is 10.1.